The van der Waals surface area contributed by atoms with Crippen LogP contribution in [0.1, 0.15) is 21.7 Å². The van der Waals surface area contributed by atoms with Crippen LogP contribution in [0.2, 0.25) is 0 Å². The summed E-state index contributed by atoms with van der Waals surface area (Å²) in [6, 6.07) is 15.1. The van der Waals surface area contributed by atoms with Crippen LogP contribution in [0.3, 0.4) is 0 Å². The number of furan rings is 1. The van der Waals surface area contributed by atoms with Gasteiger partial charge in [0, 0.05) is 11.3 Å². The van der Waals surface area contributed by atoms with Crippen molar-refractivity contribution in [1.82, 2.24) is 0 Å². The Morgan fingerprint density at radius 2 is 1.74 bits per heavy atom. The highest BCUT2D eigenvalue weighted by Crippen LogP contribution is 2.24. The molecule has 23 heavy (non-hydrogen) atoms. The molecule has 3 rings (SSSR count). The van der Waals surface area contributed by atoms with Crippen molar-refractivity contribution in [2.24, 2.45) is 0 Å². The van der Waals surface area contributed by atoms with Crippen LogP contribution in [-0.4, -0.2) is 5.91 Å². The smallest absolute Gasteiger partial charge is 0.291 e. The van der Waals surface area contributed by atoms with Gasteiger partial charge in [0.2, 0.25) is 0 Å². The van der Waals surface area contributed by atoms with Crippen molar-refractivity contribution >= 4 is 11.6 Å². The van der Waals surface area contributed by atoms with Gasteiger partial charge in [-0.25, -0.2) is 4.39 Å². The molecule has 1 aromatic heterocycles. The summed E-state index contributed by atoms with van der Waals surface area (Å²) in [5.41, 5.74) is 3.53. The van der Waals surface area contributed by atoms with Crippen LogP contribution < -0.4 is 5.32 Å². The van der Waals surface area contributed by atoms with Crippen LogP contribution in [0.25, 0.3) is 11.3 Å². The minimum absolute atomic E-state index is 0.213. The van der Waals surface area contributed by atoms with E-state index < -0.39 is 0 Å². The zero-order valence-corrected chi connectivity index (χ0v) is 12.9. The van der Waals surface area contributed by atoms with E-state index >= 15 is 0 Å². The summed E-state index contributed by atoms with van der Waals surface area (Å²) in [4.78, 5) is 12.3. The minimum atomic E-state index is -0.313. The normalized spacial score (nSPS) is 10.6. The fraction of sp³-hybridized carbons (Fsp3) is 0.105. The van der Waals surface area contributed by atoms with Crippen LogP contribution in [-0.2, 0) is 0 Å². The van der Waals surface area contributed by atoms with Gasteiger partial charge in [-0.3, -0.25) is 4.79 Å². The number of hydrogen-bond acceptors (Lipinski definition) is 2. The monoisotopic (exact) mass is 309 g/mol. The highest BCUT2D eigenvalue weighted by molar-refractivity contribution is 6.03. The molecule has 1 heterocycles. The number of rotatable bonds is 3. The number of nitrogens with one attached hydrogen (secondary N) is 1. The van der Waals surface area contributed by atoms with Crippen molar-refractivity contribution in [1.29, 1.82) is 0 Å². The standard InChI is InChI=1S/C19H16FNO2/c1-12-3-4-13(2)16(11-12)21-19(22)18-10-9-17(23-18)14-5-7-15(20)8-6-14/h3-11H,1-2H3,(H,21,22). The average Bonchev–Trinajstić information content (AvgIpc) is 3.02. The molecular weight excluding hydrogens is 293 g/mol. The van der Waals surface area contributed by atoms with Crippen LogP contribution in [0, 0.1) is 19.7 Å². The van der Waals surface area contributed by atoms with Crippen molar-refractivity contribution in [3.8, 4) is 11.3 Å². The molecule has 0 saturated heterocycles. The molecule has 0 saturated carbocycles. The van der Waals surface area contributed by atoms with Gasteiger partial charge >= 0.3 is 0 Å². The molecule has 0 aliphatic rings. The first kappa shape index (κ1) is 15.0. The number of halogens is 1. The van der Waals surface area contributed by atoms with Gasteiger partial charge in [0.1, 0.15) is 11.6 Å². The average molecular weight is 309 g/mol. The Labute approximate surface area is 133 Å². The molecule has 0 bridgehead atoms. The van der Waals surface area contributed by atoms with Gasteiger partial charge < -0.3 is 9.73 Å². The zero-order chi connectivity index (χ0) is 16.4. The SMILES string of the molecule is Cc1ccc(C)c(NC(=O)c2ccc(-c3ccc(F)cc3)o2)c1. The fourth-order valence-electron chi connectivity index (χ4n) is 2.28. The van der Waals surface area contributed by atoms with Crippen LogP contribution in [0.15, 0.2) is 59.0 Å². The third kappa shape index (κ3) is 3.31. The second kappa shape index (κ2) is 6.08. The van der Waals surface area contributed by atoms with E-state index in [2.05, 4.69) is 5.32 Å². The van der Waals surface area contributed by atoms with Gasteiger partial charge in [-0.15, -0.1) is 0 Å². The van der Waals surface area contributed by atoms with E-state index in [0.717, 1.165) is 22.4 Å². The van der Waals surface area contributed by atoms with E-state index in [-0.39, 0.29) is 17.5 Å². The lowest BCUT2D eigenvalue weighted by molar-refractivity contribution is 0.0997. The summed E-state index contributed by atoms with van der Waals surface area (Å²) in [6.45, 7) is 3.90. The molecule has 1 amide bonds. The molecule has 0 atom stereocenters. The van der Waals surface area contributed by atoms with Crippen LogP contribution in [0.4, 0.5) is 10.1 Å². The highest BCUT2D eigenvalue weighted by Gasteiger charge is 2.13. The number of amides is 1. The van der Waals surface area contributed by atoms with Gasteiger partial charge in [-0.1, -0.05) is 12.1 Å². The number of carbonyl (C=O) groups is 1. The summed E-state index contributed by atoms with van der Waals surface area (Å²) in [6.07, 6.45) is 0. The predicted molar refractivity (Wildman–Crippen MR) is 88.0 cm³/mol. The third-order valence-corrected chi connectivity index (χ3v) is 3.60. The first-order chi connectivity index (χ1) is 11.0. The Kier molecular flexibility index (Phi) is 3.98. The Morgan fingerprint density at radius 3 is 2.48 bits per heavy atom. The van der Waals surface area contributed by atoms with E-state index in [1.807, 2.05) is 32.0 Å². The highest BCUT2D eigenvalue weighted by atomic mass is 19.1. The fourth-order valence-corrected chi connectivity index (χ4v) is 2.28. The van der Waals surface area contributed by atoms with Crippen LogP contribution >= 0.6 is 0 Å². The first-order valence-electron chi connectivity index (χ1n) is 7.27. The van der Waals surface area contributed by atoms with E-state index in [4.69, 9.17) is 4.42 Å². The van der Waals surface area contributed by atoms with E-state index in [1.165, 1.54) is 12.1 Å². The van der Waals surface area contributed by atoms with E-state index in [1.54, 1.807) is 24.3 Å². The molecule has 3 nitrogen and oxygen atoms in total. The van der Waals surface area contributed by atoms with Crippen molar-refractivity contribution in [3.63, 3.8) is 0 Å². The summed E-state index contributed by atoms with van der Waals surface area (Å²) in [7, 11) is 0. The zero-order valence-electron chi connectivity index (χ0n) is 12.9. The summed E-state index contributed by atoms with van der Waals surface area (Å²) in [5, 5.41) is 2.85. The maximum atomic E-state index is 13.0. The summed E-state index contributed by atoms with van der Waals surface area (Å²) >= 11 is 0. The minimum Gasteiger partial charge on any atom is -0.451 e. The number of carbonyl (C=O) groups excluding carboxylic acids is 1. The van der Waals surface area contributed by atoms with Crippen LogP contribution in [0.5, 0.6) is 0 Å². The van der Waals surface area contributed by atoms with Gasteiger partial charge in [-0.05, 0) is 67.4 Å². The maximum absolute atomic E-state index is 13.0. The molecule has 3 aromatic rings. The maximum Gasteiger partial charge on any atom is 0.291 e. The third-order valence-electron chi connectivity index (χ3n) is 3.60. The molecule has 0 radical (unpaired) electrons. The van der Waals surface area contributed by atoms with Crippen molar-refractivity contribution in [3.05, 3.63) is 77.3 Å². The van der Waals surface area contributed by atoms with E-state index in [9.17, 15) is 9.18 Å². The number of benzene rings is 2. The van der Waals surface area contributed by atoms with Crippen molar-refractivity contribution in [2.75, 3.05) is 5.32 Å². The Bertz CT molecular complexity index is 850. The Hall–Kier alpha value is -2.88. The second-order valence-corrected chi connectivity index (χ2v) is 5.44. The Balaban J connectivity index is 1.81. The quantitative estimate of drug-likeness (QED) is 0.743. The lowest BCUT2D eigenvalue weighted by Crippen LogP contribution is -2.11. The second-order valence-electron chi connectivity index (χ2n) is 5.44. The molecule has 1 N–H and O–H groups in total. The summed E-state index contributed by atoms with van der Waals surface area (Å²) in [5.74, 6) is 0.113. The lowest BCUT2D eigenvalue weighted by Gasteiger charge is -2.08. The largest absolute Gasteiger partial charge is 0.451 e. The van der Waals surface area contributed by atoms with Gasteiger partial charge in [0.05, 0.1) is 0 Å². The molecule has 116 valence electrons. The van der Waals surface area contributed by atoms with Gasteiger partial charge in [0.15, 0.2) is 5.76 Å². The number of anilines is 1. The van der Waals surface area contributed by atoms with Gasteiger partial charge in [-0.2, -0.15) is 0 Å². The molecule has 4 heteroatoms. The summed E-state index contributed by atoms with van der Waals surface area (Å²) < 4.78 is 18.5. The van der Waals surface area contributed by atoms with Crippen molar-refractivity contribution in [2.45, 2.75) is 13.8 Å². The Morgan fingerprint density at radius 1 is 1.00 bits per heavy atom. The predicted octanol–water partition coefficient (Wildman–Crippen LogP) is 4.95. The molecule has 2 aromatic carbocycles. The molecule has 0 aliphatic heterocycles. The molecular formula is C19H16FNO2. The number of hydrogen-bond donors (Lipinski definition) is 1. The topological polar surface area (TPSA) is 42.2 Å². The molecule has 0 aliphatic carbocycles. The van der Waals surface area contributed by atoms with Gasteiger partial charge in [0.25, 0.3) is 5.91 Å². The van der Waals surface area contributed by atoms with Crippen molar-refractivity contribution < 1.29 is 13.6 Å². The molecule has 0 fully saturated rings. The van der Waals surface area contributed by atoms with E-state index in [0.29, 0.717) is 5.76 Å². The lowest BCUT2D eigenvalue weighted by atomic mass is 10.1. The molecule has 0 unspecified atom stereocenters. The number of aryl methyl sites for hydroxylation is 2. The molecule has 0 spiro atoms. The first-order valence-corrected chi connectivity index (χ1v) is 7.27.